The molecule has 2 aromatic carbocycles. The number of carboxylic acid groups (broad SMARTS) is 1. The highest BCUT2D eigenvalue weighted by atomic mass is 16.5. The van der Waals surface area contributed by atoms with E-state index in [2.05, 4.69) is 34.9 Å². The van der Waals surface area contributed by atoms with Crippen LogP contribution in [-0.2, 0) is 19.1 Å². The number of alkyl carbamates (subject to hydrolysis) is 1. The molecule has 0 radical (unpaired) electrons. The summed E-state index contributed by atoms with van der Waals surface area (Å²) in [7, 11) is 0. The van der Waals surface area contributed by atoms with E-state index in [-0.39, 0.29) is 37.6 Å². The summed E-state index contributed by atoms with van der Waals surface area (Å²) in [6.45, 7) is 3.10. The minimum atomic E-state index is -0.958. The first-order chi connectivity index (χ1) is 16.9. The van der Waals surface area contributed by atoms with Crippen LogP contribution in [0, 0.1) is 11.8 Å². The van der Waals surface area contributed by atoms with Gasteiger partial charge in [-0.3, -0.25) is 9.59 Å². The Morgan fingerprint density at radius 1 is 1.03 bits per heavy atom. The summed E-state index contributed by atoms with van der Waals surface area (Å²) < 4.78 is 10.7. The predicted octanol–water partition coefficient (Wildman–Crippen LogP) is 3.55. The van der Waals surface area contributed by atoms with Crippen molar-refractivity contribution in [3.8, 4) is 11.1 Å². The van der Waals surface area contributed by atoms with Gasteiger partial charge in [0.05, 0.1) is 19.3 Å². The molecule has 1 aliphatic carbocycles. The van der Waals surface area contributed by atoms with Crippen LogP contribution in [0.2, 0.25) is 0 Å². The Hall–Kier alpha value is -3.39. The first-order valence-corrected chi connectivity index (χ1v) is 12.1. The van der Waals surface area contributed by atoms with Crippen molar-refractivity contribution >= 4 is 18.0 Å². The van der Waals surface area contributed by atoms with Crippen molar-refractivity contribution in [1.29, 1.82) is 0 Å². The number of nitrogens with one attached hydrogen (secondary N) is 2. The number of fused-ring (bicyclic) bond motifs is 3. The lowest BCUT2D eigenvalue weighted by Crippen LogP contribution is -2.42. The van der Waals surface area contributed by atoms with Gasteiger partial charge in [-0.2, -0.15) is 0 Å². The fourth-order valence-corrected chi connectivity index (χ4v) is 4.81. The zero-order valence-electron chi connectivity index (χ0n) is 19.9. The molecule has 0 aromatic heterocycles. The molecule has 1 saturated heterocycles. The maximum atomic E-state index is 12.3. The summed E-state index contributed by atoms with van der Waals surface area (Å²) in [5.41, 5.74) is 4.72. The van der Waals surface area contributed by atoms with Crippen molar-refractivity contribution in [3.05, 3.63) is 59.7 Å². The quantitative estimate of drug-likeness (QED) is 0.479. The molecule has 0 saturated carbocycles. The molecule has 186 valence electrons. The highest BCUT2D eigenvalue weighted by Crippen LogP contribution is 2.44. The third-order valence-electron chi connectivity index (χ3n) is 6.86. The van der Waals surface area contributed by atoms with Gasteiger partial charge in [-0.1, -0.05) is 55.5 Å². The number of aliphatic carboxylic acids is 1. The number of hydrogen-bond donors (Lipinski definition) is 3. The normalized spacial score (nSPS) is 19.5. The number of hydrogen-bond acceptors (Lipinski definition) is 5. The molecule has 3 N–H and O–H groups in total. The molecule has 1 aliphatic heterocycles. The van der Waals surface area contributed by atoms with Crippen molar-refractivity contribution < 1.29 is 29.0 Å². The van der Waals surface area contributed by atoms with Gasteiger partial charge in [0.2, 0.25) is 5.91 Å². The summed E-state index contributed by atoms with van der Waals surface area (Å²) in [5.74, 6) is -1.59. The molecule has 35 heavy (non-hydrogen) atoms. The standard InChI is InChI=1S/C27H32N2O6/c1-17(10-11-25(30)29-24-16-34-14-23(24)26(31)32)12-13-28-27(33)35-15-22-20-8-4-2-6-18(20)19-7-3-5-9-21(19)22/h2-9,17,22-24H,10-16H2,1H3,(H,28,33)(H,29,30)(H,31,32). The van der Waals surface area contributed by atoms with Crippen molar-refractivity contribution in [2.75, 3.05) is 26.4 Å². The van der Waals surface area contributed by atoms with Crippen LogP contribution in [0.5, 0.6) is 0 Å². The number of rotatable bonds is 10. The highest BCUT2D eigenvalue weighted by Gasteiger charge is 2.35. The smallest absolute Gasteiger partial charge is 0.407 e. The van der Waals surface area contributed by atoms with Gasteiger partial charge in [-0.25, -0.2) is 4.79 Å². The molecule has 0 spiro atoms. The molecule has 3 unspecified atom stereocenters. The van der Waals surface area contributed by atoms with Gasteiger partial charge in [-0.15, -0.1) is 0 Å². The lowest BCUT2D eigenvalue weighted by atomic mass is 9.98. The van der Waals surface area contributed by atoms with E-state index in [4.69, 9.17) is 14.6 Å². The molecule has 8 heteroatoms. The van der Waals surface area contributed by atoms with Crippen LogP contribution in [0.3, 0.4) is 0 Å². The number of carbonyl (C=O) groups excluding carboxylic acids is 2. The van der Waals surface area contributed by atoms with Gasteiger partial charge in [0.15, 0.2) is 0 Å². The number of carbonyl (C=O) groups is 3. The fourth-order valence-electron chi connectivity index (χ4n) is 4.81. The average molecular weight is 481 g/mol. The van der Waals surface area contributed by atoms with Crippen molar-refractivity contribution in [2.45, 2.75) is 38.1 Å². The monoisotopic (exact) mass is 480 g/mol. The Kier molecular flexibility index (Phi) is 8.02. The topological polar surface area (TPSA) is 114 Å². The van der Waals surface area contributed by atoms with Crippen LogP contribution in [0.4, 0.5) is 4.79 Å². The minimum absolute atomic E-state index is 0.0246. The first kappa shape index (κ1) is 24.7. The van der Waals surface area contributed by atoms with Gasteiger partial charge in [0.25, 0.3) is 0 Å². The zero-order valence-corrected chi connectivity index (χ0v) is 19.9. The molecular weight excluding hydrogens is 448 g/mol. The van der Waals surface area contributed by atoms with Gasteiger partial charge < -0.3 is 25.2 Å². The Labute approximate surface area is 205 Å². The lowest BCUT2D eigenvalue weighted by Gasteiger charge is -2.17. The van der Waals surface area contributed by atoms with E-state index in [9.17, 15) is 14.4 Å². The maximum absolute atomic E-state index is 12.3. The number of amides is 2. The molecule has 3 atom stereocenters. The molecular formula is C27H32N2O6. The van der Waals surface area contributed by atoms with Crippen LogP contribution >= 0.6 is 0 Å². The van der Waals surface area contributed by atoms with E-state index in [1.54, 1.807) is 0 Å². The Bertz CT molecular complexity index is 1030. The third-order valence-corrected chi connectivity index (χ3v) is 6.86. The van der Waals surface area contributed by atoms with E-state index in [0.29, 0.717) is 25.8 Å². The maximum Gasteiger partial charge on any atom is 0.407 e. The Morgan fingerprint density at radius 2 is 1.69 bits per heavy atom. The summed E-state index contributed by atoms with van der Waals surface area (Å²) >= 11 is 0. The SMILES string of the molecule is CC(CCNC(=O)OCC1c2ccccc2-c2ccccc21)CCC(=O)NC1COCC1C(=O)O. The highest BCUT2D eigenvalue weighted by molar-refractivity contribution is 5.79. The Balaban J connectivity index is 1.15. The van der Waals surface area contributed by atoms with Gasteiger partial charge >= 0.3 is 12.1 Å². The lowest BCUT2D eigenvalue weighted by molar-refractivity contribution is -0.142. The summed E-state index contributed by atoms with van der Waals surface area (Å²) in [5, 5.41) is 14.7. The van der Waals surface area contributed by atoms with Crippen LogP contribution in [0.15, 0.2) is 48.5 Å². The fraction of sp³-hybridized carbons (Fsp3) is 0.444. The second-order valence-corrected chi connectivity index (χ2v) is 9.34. The van der Waals surface area contributed by atoms with Crippen LogP contribution in [0.25, 0.3) is 11.1 Å². The zero-order chi connectivity index (χ0) is 24.8. The van der Waals surface area contributed by atoms with Crippen LogP contribution < -0.4 is 10.6 Å². The van der Waals surface area contributed by atoms with Crippen LogP contribution in [-0.4, -0.2) is 55.5 Å². The average Bonchev–Trinajstić information content (AvgIpc) is 3.44. The molecule has 4 rings (SSSR count). The van der Waals surface area contributed by atoms with Crippen LogP contribution in [0.1, 0.15) is 43.2 Å². The molecule has 0 bridgehead atoms. The predicted molar refractivity (Wildman–Crippen MR) is 130 cm³/mol. The Morgan fingerprint density at radius 3 is 2.34 bits per heavy atom. The second-order valence-electron chi connectivity index (χ2n) is 9.34. The first-order valence-electron chi connectivity index (χ1n) is 12.1. The molecule has 2 amide bonds. The molecule has 8 nitrogen and oxygen atoms in total. The minimum Gasteiger partial charge on any atom is -0.481 e. The van der Waals surface area contributed by atoms with Gasteiger partial charge in [0, 0.05) is 18.9 Å². The largest absolute Gasteiger partial charge is 0.481 e. The van der Waals surface area contributed by atoms with E-state index in [1.807, 2.05) is 31.2 Å². The number of ether oxygens (including phenoxy) is 2. The molecule has 1 fully saturated rings. The van der Waals surface area contributed by atoms with E-state index < -0.39 is 24.0 Å². The van der Waals surface area contributed by atoms with E-state index in [0.717, 1.165) is 0 Å². The summed E-state index contributed by atoms with van der Waals surface area (Å²) in [4.78, 5) is 35.7. The number of carboxylic acids is 1. The molecule has 1 heterocycles. The van der Waals surface area contributed by atoms with E-state index in [1.165, 1.54) is 22.3 Å². The second kappa shape index (κ2) is 11.4. The van der Waals surface area contributed by atoms with E-state index >= 15 is 0 Å². The van der Waals surface area contributed by atoms with Gasteiger partial charge in [0.1, 0.15) is 12.5 Å². The van der Waals surface area contributed by atoms with Crippen molar-refractivity contribution in [2.24, 2.45) is 11.8 Å². The van der Waals surface area contributed by atoms with Gasteiger partial charge in [-0.05, 0) is 41.0 Å². The van der Waals surface area contributed by atoms with Crippen molar-refractivity contribution in [1.82, 2.24) is 10.6 Å². The summed E-state index contributed by atoms with van der Waals surface area (Å²) in [6, 6.07) is 15.9. The molecule has 2 aliphatic rings. The number of benzene rings is 2. The summed E-state index contributed by atoms with van der Waals surface area (Å²) in [6.07, 6.45) is 1.21. The third kappa shape index (κ3) is 6.00. The molecule has 2 aromatic rings. The van der Waals surface area contributed by atoms with Crippen molar-refractivity contribution in [3.63, 3.8) is 0 Å².